The van der Waals surface area contributed by atoms with Crippen molar-refractivity contribution in [1.29, 1.82) is 0 Å². The van der Waals surface area contributed by atoms with E-state index < -0.39 is 17.1 Å². The van der Waals surface area contributed by atoms with Gasteiger partial charge in [0.05, 0.1) is 10.6 Å². The van der Waals surface area contributed by atoms with Gasteiger partial charge in [-0.25, -0.2) is 17.4 Å². The fraction of sp³-hybridized carbons (Fsp3) is 0.182. The molecule has 0 atom stereocenters. The monoisotopic (exact) mass is 295 g/mol. The van der Waals surface area contributed by atoms with Crippen molar-refractivity contribution in [2.24, 2.45) is 0 Å². The molecule has 0 fully saturated rings. The Morgan fingerprint density at radius 1 is 1.20 bits per heavy atom. The number of rotatable bonds is 4. The maximum Gasteiger partial charge on any atom is 0.491 e. The molecule has 2 N–H and O–H groups in total. The average Bonchev–Trinajstić information content (AvgIpc) is 2.88. The quantitative estimate of drug-likeness (QED) is 0.691. The van der Waals surface area contributed by atoms with E-state index in [0.29, 0.717) is 5.69 Å². The van der Waals surface area contributed by atoms with Crippen LogP contribution in [0.2, 0.25) is 0 Å². The fourth-order valence-corrected chi connectivity index (χ4v) is 2.49. The topological polar surface area (TPSA) is 95.7 Å². The third-order valence-electron chi connectivity index (χ3n) is 2.78. The van der Waals surface area contributed by atoms with Crippen LogP contribution in [-0.4, -0.2) is 53.8 Å². The minimum atomic E-state index is -3.46. The maximum atomic E-state index is 11.9. The zero-order chi connectivity index (χ0) is 14.9. The highest BCUT2D eigenvalue weighted by Gasteiger charge is 2.17. The molecule has 1 aromatic heterocycles. The Bertz CT molecular complexity index is 695. The minimum Gasteiger partial charge on any atom is -0.423 e. The SMILES string of the molecule is CN(C)S(=O)(=O)c1ccc(-n2cc(B(O)O)cn2)cc1. The Labute approximate surface area is 117 Å². The highest BCUT2D eigenvalue weighted by atomic mass is 32.2. The molecule has 0 unspecified atom stereocenters. The van der Waals surface area contributed by atoms with Crippen LogP contribution in [0, 0.1) is 0 Å². The van der Waals surface area contributed by atoms with Crippen molar-refractivity contribution >= 4 is 22.6 Å². The van der Waals surface area contributed by atoms with Crippen LogP contribution in [0.5, 0.6) is 0 Å². The molecule has 0 aliphatic rings. The first-order valence-electron chi connectivity index (χ1n) is 5.76. The van der Waals surface area contributed by atoms with Crippen LogP contribution in [0.15, 0.2) is 41.6 Å². The number of hydrogen-bond acceptors (Lipinski definition) is 5. The molecule has 1 heterocycles. The molecule has 0 saturated heterocycles. The number of hydrogen-bond donors (Lipinski definition) is 2. The fourth-order valence-electron chi connectivity index (χ4n) is 1.59. The molecule has 2 aromatic rings. The average molecular weight is 295 g/mol. The summed E-state index contributed by atoms with van der Waals surface area (Å²) in [6.45, 7) is 0. The van der Waals surface area contributed by atoms with Crippen LogP contribution in [0.3, 0.4) is 0 Å². The van der Waals surface area contributed by atoms with Gasteiger partial charge in [-0.15, -0.1) is 0 Å². The summed E-state index contributed by atoms with van der Waals surface area (Å²) >= 11 is 0. The van der Waals surface area contributed by atoms with Crippen LogP contribution in [0.1, 0.15) is 0 Å². The Hall–Kier alpha value is -1.68. The van der Waals surface area contributed by atoms with Gasteiger partial charge in [0.25, 0.3) is 0 Å². The van der Waals surface area contributed by atoms with Crippen LogP contribution in [-0.2, 0) is 10.0 Å². The maximum absolute atomic E-state index is 11.9. The zero-order valence-electron chi connectivity index (χ0n) is 11.0. The lowest BCUT2D eigenvalue weighted by atomic mass is 9.83. The molecule has 0 bridgehead atoms. The third kappa shape index (κ3) is 2.75. The zero-order valence-corrected chi connectivity index (χ0v) is 11.8. The largest absolute Gasteiger partial charge is 0.491 e. The smallest absolute Gasteiger partial charge is 0.423 e. The molecule has 106 valence electrons. The van der Waals surface area contributed by atoms with Gasteiger partial charge in [-0.3, -0.25) is 0 Å². The molecule has 0 spiro atoms. The predicted molar refractivity (Wildman–Crippen MR) is 74.3 cm³/mol. The van der Waals surface area contributed by atoms with Gasteiger partial charge in [0, 0.05) is 32.0 Å². The van der Waals surface area contributed by atoms with Gasteiger partial charge >= 0.3 is 7.12 Å². The van der Waals surface area contributed by atoms with Crippen molar-refractivity contribution in [2.45, 2.75) is 4.90 Å². The van der Waals surface area contributed by atoms with E-state index in [1.165, 1.54) is 43.3 Å². The Morgan fingerprint density at radius 3 is 2.25 bits per heavy atom. The summed E-state index contributed by atoms with van der Waals surface area (Å²) in [5.41, 5.74) is 0.879. The van der Waals surface area contributed by atoms with Gasteiger partial charge in [-0.05, 0) is 24.3 Å². The van der Waals surface area contributed by atoms with E-state index in [4.69, 9.17) is 10.0 Å². The molecular weight excluding hydrogens is 281 g/mol. The van der Waals surface area contributed by atoms with E-state index in [0.717, 1.165) is 4.31 Å². The summed E-state index contributed by atoms with van der Waals surface area (Å²) < 4.78 is 26.4. The molecule has 0 aliphatic carbocycles. The number of nitrogens with zero attached hydrogens (tertiary/aromatic N) is 3. The van der Waals surface area contributed by atoms with Crippen molar-refractivity contribution in [3.63, 3.8) is 0 Å². The third-order valence-corrected chi connectivity index (χ3v) is 4.61. The van der Waals surface area contributed by atoms with Crippen LogP contribution < -0.4 is 5.46 Å². The van der Waals surface area contributed by atoms with E-state index in [1.54, 1.807) is 12.1 Å². The summed E-state index contributed by atoms with van der Waals surface area (Å²) in [5, 5.41) is 22.0. The van der Waals surface area contributed by atoms with E-state index in [1.807, 2.05) is 0 Å². The van der Waals surface area contributed by atoms with E-state index in [2.05, 4.69) is 5.10 Å². The molecule has 0 aliphatic heterocycles. The molecular formula is C11H14BN3O4S. The second kappa shape index (κ2) is 5.37. The molecule has 1 aromatic carbocycles. The van der Waals surface area contributed by atoms with Crippen molar-refractivity contribution in [3.05, 3.63) is 36.7 Å². The second-order valence-corrected chi connectivity index (χ2v) is 6.53. The summed E-state index contributed by atoms with van der Waals surface area (Å²) in [5.74, 6) is 0. The lowest BCUT2D eigenvalue weighted by Gasteiger charge is -2.11. The van der Waals surface area contributed by atoms with Gasteiger partial charge < -0.3 is 10.0 Å². The van der Waals surface area contributed by atoms with E-state index >= 15 is 0 Å². The second-order valence-electron chi connectivity index (χ2n) is 4.37. The molecule has 7 nitrogen and oxygen atoms in total. The first-order chi connectivity index (χ1) is 9.32. The normalized spacial score (nSPS) is 11.8. The predicted octanol–water partition coefficient (Wildman–Crippen LogP) is -1.20. The molecule has 20 heavy (non-hydrogen) atoms. The van der Waals surface area contributed by atoms with E-state index in [9.17, 15) is 8.42 Å². The number of aromatic nitrogens is 2. The minimum absolute atomic E-state index is 0.181. The van der Waals surface area contributed by atoms with Crippen LogP contribution in [0.4, 0.5) is 0 Å². The summed E-state index contributed by atoms with van der Waals surface area (Å²) in [4.78, 5) is 0.181. The molecule has 2 rings (SSSR count). The lowest BCUT2D eigenvalue weighted by Crippen LogP contribution is -2.28. The Balaban J connectivity index is 2.33. The summed E-state index contributed by atoms with van der Waals surface area (Å²) in [6.07, 6.45) is 2.79. The summed E-state index contributed by atoms with van der Waals surface area (Å²) in [6, 6.07) is 6.14. The standard InChI is InChI=1S/C11H14BN3O4S/c1-14(2)20(18,19)11-5-3-10(4-6-11)15-8-9(7-13-15)12(16)17/h3-8,16-17H,1-2H3. The Kier molecular flexibility index (Phi) is 3.95. The highest BCUT2D eigenvalue weighted by molar-refractivity contribution is 7.89. The number of sulfonamides is 1. The Morgan fingerprint density at radius 2 is 1.80 bits per heavy atom. The molecule has 0 amide bonds. The van der Waals surface area contributed by atoms with Gasteiger partial charge in [0.15, 0.2) is 0 Å². The lowest BCUT2D eigenvalue weighted by molar-refractivity contribution is 0.426. The molecule has 9 heteroatoms. The summed E-state index contributed by atoms with van der Waals surface area (Å²) in [7, 11) is -2.12. The van der Waals surface area contributed by atoms with Gasteiger partial charge in [0.2, 0.25) is 10.0 Å². The van der Waals surface area contributed by atoms with Gasteiger partial charge in [0.1, 0.15) is 0 Å². The van der Waals surface area contributed by atoms with Gasteiger partial charge in [-0.2, -0.15) is 5.10 Å². The van der Waals surface area contributed by atoms with Crippen LogP contribution in [0.25, 0.3) is 5.69 Å². The first kappa shape index (κ1) is 14.7. The van der Waals surface area contributed by atoms with Crippen molar-refractivity contribution in [1.82, 2.24) is 14.1 Å². The van der Waals surface area contributed by atoms with Gasteiger partial charge in [-0.1, -0.05) is 0 Å². The molecule has 0 saturated carbocycles. The number of benzene rings is 1. The van der Waals surface area contributed by atoms with Crippen molar-refractivity contribution in [3.8, 4) is 5.69 Å². The molecule has 0 radical (unpaired) electrons. The van der Waals surface area contributed by atoms with Crippen LogP contribution >= 0.6 is 0 Å². The van der Waals surface area contributed by atoms with E-state index in [-0.39, 0.29) is 10.4 Å². The highest BCUT2D eigenvalue weighted by Crippen LogP contribution is 2.15. The van der Waals surface area contributed by atoms with Crippen molar-refractivity contribution in [2.75, 3.05) is 14.1 Å². The first-order valence-corrected chi connectivity index (χ1v) is 7.20. The van der Waals surface area contributed by atoms with Crippen molar-refractivity contribution < 1.29 is 18.5 Å².